The van der Waals surface area contributed by atoms with Crippen LogP contribution < -0.4 is 15.4 Å². The molecule has 0 radical (unpaired) electrons. The van der Waals surface area contributed by atoms with Crippen molar-refractivity contribution in [2.45, 2.75) is 46.0 Å². The fourth-order valence-electron chi connectivity index (χ4n) is 2.63. The van der Waals surface area contributed by atoms with Gasteiger partial charge < -0.3 is 19.9 Å². The SMILES string of the molecule is CCc1noc(CC)c1CNC(=NC)NCc1cccc(OCC(F)(F)F)c1. The summed E-state index contributed by atoms with van der Waals surface area (Å²) >= 11 is 0. The van der Waals surface area contributed by atoms with Crippen molar-refractivity contribution < 1.29 is 22.4 Å². The van der Waals surface area contributed by atoms with E-state index in [4.69, 9.17) is 9.26 Å². The van der Waals surface area contributed by atoms with Gasteiger partial charge >= 0.3 is 6.18 Å². The van der Waals surface area contributed by atoms with Crippen LogP contribution in [0.4, 0.5) is 13.2 Å². The maximum Gasteiger partial charge on any atom is 0.422 e. The van der Waals surface area contributed by atoms with E-state index in [2.05, 4.69) is 20.8 Å². The fraction of sp³-hybridized carbons (Fsp3) is 0.474. The van der Waals surface area contributed by atoms with Crippen molar-refractivity contribution in [3.8, 4) is 5.75 Å². The third-order valence-corrected chi connectivity index (χ3v) is 4.02. The molecule has 0 saturated carbocycles. The molecule has 0 aliphatic heterocycles. The van der Waals surface area contributed by atoms with Gasteiger partial charge in [-0.1, -0.05) is 31.1 Å². The average Bonchev–Trinajstić information content (AvgIpc) is 3.08. The molecule has 9 heteroatoms. The molecule has 1 aromatic carbocycles. The van der Waals surface area contributed by atoms with E-state index in [1.807, 2.05) is 13.8 Å². The minimum Gasteiger partial charge on any atom is -0.484 e. The van der Waals surface area contributed by atoms with E-state index in [1.54, 1.807) is 25.2 Å². The molecule has 0 amide bonds. The number of halogens is 3. The zero-order valence-electron chi connectivity index (χ0n) is 16.2. The summed E-state index contributed by atoms with van der Waals surface area (Å²) in [5.41, 5.74) is 2.71. The Hall–Kier alpha value is -2.71. The van der Waals surface area contributed by atoms with E-state index in [-0.39, 0.29) is 5.75 Å². The molecule has 0 fully saturated rings. The van der Waals surface area contributed by atoms with Gasteiger partial charge in [-0.05, 0) is 24.1 Å². The minimum atomic E-state index is -4.36. The van der Waals surface area contributed by atoms with Crippen molar-refractivity contribution in [1.29, 1.82) is 0 Å². The number of aryl methyl sites for hydroxylation is 2. The molecule has 1 heterocycles. The minimum absolute atomic E-state index is 0.171. The van der Waals surface area contributed by atoms with Crippen molar-refractivity contribution in [2.24, 2.45) is 4.99 Å². The van der Waals surface area contributed by atoms with E-state index in [9.17, 15) is 13.2 Å². The first-order valence-electron chi connectivity index (χ1n) is 9.05. The van der Waals surface area contributed by atoms with Crippen LogP contribution >= 0.6 is 0 Å². The summed E-state index contributed by atoms with van der Waals surface area (Å²) < 4.78 is 47.0. The van der Waals surface area contributed by atoms with Crippen molar-refractivity contribution in [3.05, 3.63) is 46.8 Å². The van der Waals surface area contributed by atoms with E-state index >= 15 is 0 Å². The topological polar surface area (TPSA) is 71.7 Å². The Morgan fingerprint density at radius 3 is 2.57 bits per heavy atom. The van der Waals surface area contributed by atoms with Gasteiger partial charge in [-0.15, -0.1) is 0 Å². The molecule has 28 heavy (non-hydrogen) atoms. The van der Waals surface area contributed by atoms with Crippen LogP contribution in [0.25, 0.3) is 0 Å². The van der Waals surface area contributed by atoms with Gasteiger partial charge in [0, 0.05) is 32.1 Å². The zero-order chi connectivity index (χ0) is 20.6. The molecule has 0 atom stereocenters. The number of aromatic nitrogens is 1. The largest absolute Gasteiger partial charge is 0.484 e. The molecule has 2 N–H and O–H groups in total. The standard InChI is InChI=1S/C19H25F3N4O2/c1-4-16-15(17(5-2)28-26-16)11-25-18(23-3)24-10-13-7-6-8-14(9-13)27-12-19(20,21)22/h6-9H,4-5,10-12H2,1-3H3,(H2,23,24,25). The highest BCUT2D eigenvalue weighted by molar-refractivity contribution is 5.79. The summed E-state index contributed by atoms with van der Waals surface area (Å²) in [6.07, 6.45) is -2.84. The molecule has 0 saturated heterocycles. The Kier molecular flexibility index (Phi) is 7.71. The maximum atomic E-state index is 12.3. The highest BCUT2D eigenvalue weighted by Gasteiger charge is 2.28. The van der Waals surface area contributed by atoms with Gasteiger partial charge in [-0.3, -0.25) is 4.99 Å². The van der Waals surface area contributed by atoms with E-state index < -0.39 is 12.8 Å². The molecule has 0 unspecified atom stereocenters. The summed E-state index contributed by atoms with van der Waals surface area (Å²) in [7, 11) is 1.65. The van der Waals surface area contributed by atoms with Gasteiger partial charge in [0.15, 0.2) is 12.6 Å². The number of alkyl halides is 3. The lowest BCUT2D eigenvalue weighted by molar-refractivity contribution is -0.153. The molecule has 0 spiro atoms. The van der Waals surface area contributed by atoms with Crippen LogP contribution in [0.15, 0.2) is 33.8 Å². The van der Waals surface area contributed by atoms with Crippen molar-refractivity contribution in [2.75, 3.05) is 13.7 Å². The van der Waals surface area contributed by atoms with Gasteiger partial charge in [0.05, 0.1) is 5.69 Å². The molecule has 1 aromatic heterocycles. The summed E-state index contributed by atoms with van der Waals surface area (Å²) in [5.74, 6) is 1.57. The monoisotopic (exact) mass is 398 g/mol. The van der Waals surface area contributed by atoms with Gasteiger partial charge in [0.25, 0.3) is 0 Å². The number of hydrogen-bond acceptors (Lipinski definition) is 4. The number of nitrogens with zero attached hydrogens (tertiary/aromatic N) is 2. The average molecular weight is 398 g/mol. The maximum absolute atomic E-state index is 12.3. The highest BCUT2D eigenvalue weighted by Crippen LogP contribution is 2.19. The van der Waals surface area contributed by atoms with E-state index in [0.717, 1.165) is 35.4 Å². The van der Waals surface area contributed by atoms with Crippen LogP contribution in [-0.2, 0) is 25.9 Å². The summed E-state index contributed by atoms with van der Waals surface area (Å²) in [5, 5.41) is 10.4. The molecule has 154 valence electrons. The van der Waals surface area contributed by atoms with Crippen molar-refractivity contribution in [3.63, 3.8) is 0 Å². The lowest BCUT2D eigenvalue weighted by Crippen LogP contribution is -2.36. The Morgan fingerprint density at radius 1 is 1.18 bits per heavy atom. The first kappa shape index (κ1) is 21.6. The number of rotatable bonds is 8. The molecule has 2 aromatic rings. The molecule has 6 nitrogen and oxygen atoms in total. The predicted molar refractivity (Wildman–Crippen MR) is 100 cm³/mol. The normalized spacial score (nSPS) is 12.1. The Labute approximate surface area is 162 Å². The van der Waals surface area contributed by atoms with Gasteiger partial charge in [-0.2, -0.15) is 13.2 Å². The van der Waals surface area contributed by atoms with Crippen molar-refractivity contribution in [1.82, 2.24) is 15.8 Å². The fourth-order valence-corrected chi connectivity index (χ4v) is 2.63. The third-order valence-electron chi connectivity index (χ3n) is 4.02. The number of ether oxygens (including phenoxy) is 1. The quantitative estimate of drug-likeness (QED) is 0.525. The second-order valence-corrected chi connectivity index (χ2v) is 6.07. The second kappa shape index (κ2) is 10.0. The lowest BCUT2D eigenvalue weighted by atomic mass is 10.1. The van der Waals surface area contributed by atoms with Crippen LogP contribution in [0.2, 0.25) is 0 Å². The predicted octanol–water partition coefficient (Wildman–Crippen LogP) is 3.61. The van der Waals surface area contributed by atoms with Crippen LogP contribution in [0.5, 0.6) is 5.75 Å². The van der Waals surface area contributed by atoms with Crippen LogP contribution in [-0.4, -0.2) is 30.9 Å². The Bertz CT molecular complexity index is 766. The third kappa shape index (κ3) is 6.47. The summed E-state index contributed by atoms with van der Waals surface area (Å²) in [4.78, 5) is 4.17. The Morgan fingerprint density at radius 2 is 1.93 bits per heavy atom. The van der Waals surface area contributed by atoms with Crippen LogP contribution in [0.3, 0.4) is 0 Å². The van der Waals surface area contributed by atoms with Gasteiger partial charge in [0.2, 0.25) is 0 Å². The molecular formula is C19H25F3N4O2. The first-order chi connectivity index (χ1) is 13.4. The zero-order valence-corrected chi connectivity index (χ0v) is 16.2. The van der Waals surface area contributed by atoms with Gasteiger partial charge in [-0.25, -0.2) is 0 Å². The number of aliphatic imine (C=N–C) groups is 1. The Balaban J connectivity index is 1.91. The first-order valence-corrected chi connectivity index (χ1v) is 9.05. The molecule has 0 bridgehead atoms. The van der Waals surface area contributed by atoms with E-state index in [0.29, 0.717) is 19.0 Å². The molecular weight excluding hydrogens is 373 g/mol. The lowest BCUT2D eigenvalue weighted by Gasteiger charge is -2.13. The number of nitrogens with one attached hydrogen (secondary N) is 2. The number of hydrogen-bond donors (Lipinski definition) is 2. The van der Waals surface area contributed by atoms with Crippen LogP contribution in [0, 0.1) is 0 Å². The van der Waals surface area contributed by atoms with E-state index in [1.165, 1.54) is 6.07 Å². The smallest absolute Gasteiger partial charge is 0.422 e. The number of benzene rings is 1. The molecule has 2 rings (SSSR count). The summed E-state index contributed by atoms with van der Waals surface area (Å²) in [6, 6.07) is 6.51. The number of guanidine groups is 1. The second-order valence-electron chi connectivity index (χ2n) is 6.07. The summed E-state index contributed by atoms with van der Waals surface area (Å²) in [6.45, 7) is 3.61. The van der Waals surface area contributed by atoms with Crippen LogP contribution in [0.1, 0.15) is 36.4 Å². The van der Waals surface area contributed by atoms with Crippen molar-refractivity contribution >= 4 is 5.96 Å². The van der Waals surface area contributed by atoms with Gasteiger partial charge in [0.1, 0.15) is 11.5 Å². The highest BCUT2D eigenvalue weighted by atomic mass is 19.4. The molecule has 0 aliphatic rings. The molecule has 0 aliphatic carbocycles.